The second-order valence-electron chi connectivity index (χ2n) is 5.76. The number of rotatable bonds is 6. The minimum Gasteiger partial charge on any atom is -0.373 e. The van der Waals surface area contributed by atoms with Crippen LogP contribution in [-0.4, -0.2) is 13.2 Å². The lowest BCUT2D eigenvalue weighted by molar-refractivity contribution is -0.0224. The van der Waals surface area contributed by atoms with E-state index in [1.807, 2.05) is 7.05 Å². The highest BCUT2D eigenvalue weighted by atomic mass is 79.9. The van der Waals surface area contributed by atoms with Crippen LogP contribution in [0.3, 0.4) is 0 Å². The molecule has 0 aliphatic heterocycles. The maximum absolute atomic E-state index is 6.21. The van der Waals surface area contributed by atoms with Crippen LogP contribution in [0.1, 0.15) is 50.2 Å². The summed E-state index contributed by atoms with van der Waals surface area (Å²) in [5.41, 5.74) is 2.55. The molecule has 2 atom stereocenters. The van der Waals surface area contributed by atoms with Gasteiger partial charge in [-0.1, -0.05) is 54.2 Å². The van der Waals surface area contributed by atoms with Crippen LogP contribution >= 0.6 is 15.9 Å². The summed E-state index contributed by atoms with van der Waals surface area (Å²) in [6.07, 6.45) is 6.96. The molecule has 3 heteroatoms. The summed E-state index contributed by atoms with van der Waals surface area (Å²) in [7, 11) is 1.97. The molecule has 0 aromatic heterocycles. The molecule has 1 fully saturated rings. The van der Waals surface area contributed by atoms with Crippen molar-refractivity contribution in [1.82, 2.24) is 5.32 Å². The second kappa shape index (κ2) is 8.16. The molecule has 1 aliphatic carbocycles. The van der Waals surface area contributed by atoms with Crippen LogP contribution in [0.2, 0.25) is 0 Å². The minimum absolute atomic E-state index is 0.456. The molecule has 0 amide bonds. The van der Waals surface area contributed by atoms with Crippen molar-refractivity contribution in [1.29, 1.82) is 0 Å². The first kappa shape index (κ1) is 16.0. The molecule has 112 valence electrons. The zero-order valence-electron chi connectivity index (χ0n) is 12.6. The Labute approximate surface area is 131 Å². The molecule has 2 unspecified atom stereocenters. The Hall–Kier alpha value is -0.380. The van der Waals surface area contributed by atoms with Gasteiger partial charge in [0.05, 0.1) is 12.7 Å². The van der Waals surface area contributed by atoms with Crippen LogP contribution in [0.4, 0.5) is 0 Å². The van der Waals surface area contributed by atoms with Crippen molar-refractivity contribution in [2.75, 3.05) is 7.05 Å². The number of halogens is 1. The van der Waals surface area contributed by atoms with Gasteiger partial charge >= 0.3 is 0 Å². The van der Waals surface area contributed by atoms with E-state index in [0.717, 1.165) is 23.5 Å². The lowest BCUT2D eigenvalue weighted by atomic mass is 9.85. The van der Waals surface area contributed by atoms with Gasteiger partial charge in [0.2, 0.25) is 0 Å². The maximum Gasteiger partial charge on any atom is 0.0731 e. The summed E-state index contributed by atoms with van der Waals surface area (Å²) in [5, 5.41) is 3.18. The first-order valence-electron chi connectivity index (χ1n) is 7.78. The topological polar surface area (TPSA) is 21.3 Å². The van der Waals surface area contributed by atoms with Crippen molar-refractivity contribution in [2.24, 2.45) is 5.92 Å². The zero-order valence-corrected chi connectivity index (χ0v) is 14.2. The predicted octanol–water partition coefficient (Wildman–Crippen LogP) is 4.65. The van der Waals surface area contributed by atoms with Crippen LogP contribution in [0.5, 0.6) is 0 Å². The molecule has 1 aromatic rings. The highest BCUT2D eigenvalue weighted by molar-refractivity contribution is 9.10. The molecule has 1 N–H and O–H groups in total. The monoisotopic (exact) mass is 339 g/mol. The molecular formula is C17H26BrNO. The van der Waals surface area contributed by atoms with Gasteiger partial charge in [0.1, 0.15) is 0 Å². The fourth-order valence-corrected chi connectivity index (χ4v) is 3.62. The summed E-state index contributed by atoms with van der Waals surface area (Å²) in [5.74, 6) is 0.756. The third-order valence-electron chi connectivity index (χ3n) is 4.32. The maximum atomic E-state index is 6.21. The Morgan fingerprint density at radius 3 is 2.80 bits per heavy atom. The largest absolute Gasteiger partial charge is 0.373 e. The number of nitrogens with one attached hydrogen (secondary N) is 1. The van der Waals surface area contributed by atoms with E-state index in [2.05, 4.69) is 46.4 Å². The first-order valence-corrected chi connectivity index (χ1v) is 8.57. The average molecular weight is 340 g/mol. The van der Waals surface area contributed by atoms with Crippen molar-refractivity contribution in [2.45, 2.75) is 58.3 Å². The second-order valence-corrected chi connectivity index (χ2v) is 6.61. The quantitative estimate of drug-likeness (QED) is 0.814. The summed E-state index contributed by atoms with van der Waals surface area (Å²) in [4.78, 5) is 0. The van der Waals surface area contributed by atoms with Gasteiger partial charge < -0.3 is 10.1 Å². The fourth-order valence-electron chi connectivity index (χ4n) is 3.08. The van der Waals surface area contributed by atoms with E-state index in [1.165, 1.54) is 43.2 Å². The summed E-state index contributed by atoms with van der Waals surface area (Å²) in [6, 6.07) is 6.55. The molecule has 1 saturated carbocycles. The van der Waals surface area contributed by atoms with E-state index in [9.17, 15) is 0 Å². The lowest BCUT2D eigenvalue weighted by Gasteiger charge is -2.31. The van der Waals surface area contributed by atoms with E-state index < -0.39 is 0 Å². The molecule has 0 bridgehead atoms. The Bertz CT molecular complexity index is 421. The van der Waals surface area contributed by atoms with Crippen LogP contribution in [0, 0.1) is 5.92 Å². The van der Waals surface area contributed by atoms with Gasteiger partial charge in [-0.05, 0) is 43.0 Å². The zero-order chi connectivity index (χ0) is 14.4. The highest BCUT2D eigenvalue weighted by Gasteiger charge is 2.24. The minimum atomic E-state index is 0.456. The Balaban J connectivity index is 1.92. The van der Waals surface area contributed by atoms with Crippen LogP contribution < -0.4 is 5.32 Å². The van der Waals surface area contributed by atoms with Gasteiger partial charge in [-0.25, -0.2) is 0 Å². The lowest BCUT2D eigenvalue weighted by Crippen LogP contribution is -2.27. The van der Waals surface area contributed by atoms with E-state index in [4.69, 9.17) is 4.74 Å². The number of benzene rings is 1. The van der Waals surface area contributed by atoms with Crippen LogP contribution in [-0.2, 0) is 17.9 Å². The summed E-state index contributed by atoms with van der Waals surface area (Å²) in [6.45, 7) is 3.91. The van der Waals surface area contributed by atoms with E-state index in [0.29, 0.717) is 6.10 Å². The van der Waals surface area contributed by atoms with Crippen molar-refractivity contribution in [3.63, 3.8) is 0 Å². The molecule has 20 heavy (non-hydrogen) atoms. The molecule has 1 aliphatic rings. The Morgan fingerprint density at radius 1 is 1.30 bits per heavy atom. The molecule has 2 nitrogen and oxygen atoms in total. The third-order valence-corrected chi connectivity index (χ3v) is 5.05. The standard InChI is InChI=1S/C17H26BrNO/c1-3-14-6-4-5-7-17(14)20-12-15-9-8-13(11-19-2)10-16(15)18/h8-10,14,17,19H,3-7,11-12H2,1-2H3. The van der Waals surface area contributed by atoms with Crippen molar-refractivity contribution < 1.29 is 4.74 Å². The van der Waals surface area contributed by atoms with Crippen molar-refractivity contribution in [3.05, 3.63) is 33.8 Å². The van der Waals surface area contributed by atoms with E-state index >= 15 is 0 Å². The highest BCUT2D eigenvalue weighted by Crippen LogP contribution is 2.30. The summed E-state index contributed by atoms with van der Waals surface area (Å²) < 4.78 is 7.37. The number of hydrogen-bond acceptors (Lipinski definition) is 2. The SMILES string of the molecule is CCC1CCCCC1OCc1ccc(CNC)cc1Br. The van der Waals surface area contributed by atoms with Gasteiger partial charge in [0, 0.05) is 11.0 Å². The molecule has 2 rings (SSSR count). The Kier molecular flexibility index (Phi) is 6.53. The van der Waals surface area contributed by atoms with Gasteiger partial charge in [-0.3, -0.25) is 0 Å². The molecule has 0 saturated heterocycles. The van der Waals surface area contributed by atoms with Gasteiger partial charge in [0.25, 0.3) is 0 Å². The molecule has 0 radical (unpaired) electrons. The fraction of sp³-hybridized carbons (Fsp3) is 0.647. The average Bonchev–Trinajstić information content (AvgIpc) is 2.47. The van der Waals surface area contributed by atoms with Crippen LogP contribution in [0.25, 0.3) is 0 Å². The number of ether oxygens (including phenoxy) is 1. The predicted molar refractivity (Wildman–Crippen MR) is 87.7 cm³/mol. The van der Waals surface area contributed by atoms with E-state index in [1.54, 1.807) is 0 Å². The normalized spacial score (nSPS) is 22.9. The Morgan fingerprint density at radius 2 is 2.10 bits per heavy atom. The molecule has 1 aromatic carbocycles. The van der Waals surface area contributed by atoms with Gasteiger partial charge in [0.15, 0.2) is 0 Å². The smallest absolute Gasteiger partial charge is 0.0731 e. The van der Waals surface area contributed by atoms with Crippen LogP contribution in [0.15, 0.2) is 22.7 Å². The van der Waals surface area contributed by atoms with Crippen molar-refractivity contribution >= 4 is 15.9 Å². The third kappa shape index (κ3) is 4.31. The first-order chi connectivity index (χ1) is 9.74. The molecule has 0 spiro atoms. The van der Waals surface area contributed by atoms with E-state index in [-0.39, 0.29) is 0 Å². The van der Waals surface area contributed by atoms with Gasteiger partial charge in [-0.2, -0.15) is 0 Å². The summed E-state index contributed by atoms with van der Waals surface area (Å²) >= 11 is 3.67. The molecular weight excluding hydrogens is 314 g/mol. The van der Waals surface area contributed by atoms with Gasteiger partial charge in [-0.15, -0.1) is 0 Å². The number of hydrogen-bond donors (Lipinski definition) is 1. The van der Waals surface area contributed by atoms with Crippen molar-refractivity contribution in [3.8, 4) is 0 Å². The molecule has 0 heterocycles.